The Kier molecular flexibility index (Phi) is 6.49. The third kappa shape index (κ3) is 5.93. The average molecular weight is 234 g/mol. The third-order valence-electron chi connectivity index (χ3n) is 1.37. The molecule has 0 fully saturated rings. The lowest BCUT2D eigenvalue weighted by Gasteiger charge is -2.03. The van der Waals surface area contributed by atoms with Crippen LogP contribution in [-0.2, 0) is 18.9 Å². The molecule has 0 aromatic rings. The van der Waals surface area contributed by atoms with Crippen molar-refractivity contribution in [2.75, 3.05) is 19.6 Å². The van der Waals surface area contributed by atoms with Crippen molar-refractivity contribution in [3.05, 3.63) is 11.8 Å². The molecule has 0 heterocycles. The molecule has 1 amide bonds. The number of aliphatic hydroxyl groups is 1. The molecule has 0 aliphatic rings. The van der Waals surface area contributed by atoms with Crippen LogP contribution in [0.15, 0.2) is 11.8 Å². The van der Waals surface area contributed by atoms with Crippen LogP contribution in [0.3, 0.4) is 0 Å². The van der Waals surface area contributed by atoms with Gasteiger partial charge in [-0.15, -0.1) is 0 Å². The van der Waals surface area contributed by atoms with Crippen LogP contribution in [0.1, 0.15) is 6.92 Å². The van der Waals surface area contributed by atoms with Gasteiger partial charge in [0.1, 0.15) is 5.70 Å². The summed E-state index contributed by atoms with van der Waals surface area (Å²) in [5.41, 5.74) is -0.0678. The fourth-order valence-corrected chi connectivity index (χ4v) is 1.24. The molecule has 0 aliphatic carbocycles. The summed E-state index contributed by atoms with van der Waals surface area (Å²) >= 11 is 0. The summed E-state index contributed by atoms with van der Waals surface area (Å²) in [7, 11) is -0.625. The molecule has 1 atom stereocenters. The van der Waals surface area contributed by atoms with Crippen LogP contribution in [0, 0.1) is 0 Å². The Bertz CT molecular complexity index is 299. The van der Waals surface area contributed by atoms with E-state index in [1.807, 2.05) is 0 Å². The Hall–Kier alpha value is -1.26. The minimum absolute atomic E-state index is 0.0105. The summed E-state index contributed by atoms with van der Waals surface area (Å²) < 4.78 is 15.3. The monoisotopic (exact) mass is 234 g/mol. The first-order valence-corrected chi connectivity index (χ1v) is 5.73. The van der Waals surface area contributed by atoms with Crippen molar-refractivity contribution in [2.45, 2.75) is 6.92 Å². The number of methoxy groups -OCH3 is 1. The van der Waals surface area contributed by atoms with Gasteiger partial charge < -0.3 is 15.2 Å². The van der Waals surface area contributed by atoms with Gasteiger partial charge >= 0.3 is 13.8 Å². The number of ether oxygens (including phenoxy) is 1. The van der Waals surface area contributed by atoms with Gasteiger partial charge in [-0.1, -0.05) is 4.57 Å². The standard InChI is InChI=1S/C8H12NO5P/c1-6(11)9-7(8(12)14-2)3-4-15(13)5-10/h3,10H,4-5H2,1-2H3/p+1/b7-3-. The molecular weight excluding hydrogens is 221 g/mol. The molecule has 15 heavy (non-hydrogen) atoms. The van der Waals surface area contributed by atoms with E-state index in [0.29, 0.717) is 0 Å². The molecule has 0 bridgehead atoms. The van der Waals surface area contributed by atoms with Crippen molar-refractivity contribution < 1.29 is 24.0 Å². The Balaban J connectivity index is 4.54. The van der Waals surface area contributed by atoms with E-state index in [2.05, 4.69) is 10.1 Å². The number of hydrogen-bond acceptors (Lipinski definition) is 5. The van der Waals surface area contributed by atoms with E-state index in [1.54, 1.807) is 0 Å². The van der Waals surface area contributed by atoms with Crippen LogP contribution in [0.2, 0.25) is 0 Å². The lowest BCUT2D eigenvalue weighted by Crippen LogP contribution is -2.26. The second-order valence-electron chi connectivity index (χ2n) is 2.60. The second-order valence-corrected chi connectivity index (χ2v) is 4.21. The lowest BCUT2D eigenvalue weighted by molar-refractivity contribution is -0.137. The van der Waals surface area contributed by atoms with E-state index in [1.165, 1.54) is 20.1 Å². The van der Waals surface area contributed by atoms with Crippen LogP contribution in [0.25, 0.3) is 0 Å². The smallest absolute Gasteiger partial charge is 0.370 e. The molecule has 0 saturated heterocycles. The van der Waals surface area contributed by atoms with E-state index in [-0.39, 0.29) is 11.9 Å². The van der Waals surface area contributed by atoms with Crippen LogP contribution in [-0.4, -0.2) is 36.6 Å². The third-order valence-corrected chi connectivity index (χ3v) is 2.28. The highest BCUT2D eigenvalue weighted by atomic mass is 31.1. The van der Waals surface area contributed by atoms with Gasteiger partial charge in [-0.2, -0.15) is 0 Å². The van der Waals surface area contributed by atoms with Gasteiger partial charge in [0.25, 0.3) is 0 Å². The van der Waals surface area contributed by atoms with Crippen LogP contribution >= 0.6 is 7.80 Å². The average Bonchev–Trinajstić information content (AvgIpc) is 2.21. The molecule has 0 rings (SSSR count). The Morgan fingerprint density at radius 1 is 1.53 bits per heavy atom. The number of hydrogen-bond donors (Lipinski definition) is 2. The van der Waals surface area contributed by atoms with E-state index < -0.39 is 26.0 Å². The summed E-state index contributed by atoms with van der Waals surface area (Å²) in [4.78, 5) is 21.8. The zero-order valence-corrected chi connectivity index (χ0v) is 9.41. The van der Waals surface area contributed by atoms with Gasteiger partial charge in [0, 0.05) is 6.92 Å². The maximum absolute atomic E-state index is 11.1. The molecule has 0 spiro atoms. The molecular formula is C8H13NO5P+. The maximum atomic E-state index is 11.1. The van der Waals surface area contributed by atoms with E-state index in [4.69, 9.17) is 5.11 Å². The largest absolute Gasteiger partial charge is 0.464 e. The van der Waals surface area contributed by atoms with E-state index in [0.717, 1.165) is 0 Å². The van der Waals surface area contributed by atoms with Gasteiger partial charge in [-0.05, 0) is 6.08 Å². The first kappa shape index (κ1) is 13.7. The predicted molar refractivity (Wildman–Crippen MR) is 53.5 cm³/mol. The van der Waals surface area contributed by atoms with Crippen molar-refractivity contribution in [1.82, 2.24) is 5.32 Å². The van der Waals surface area contributed by atoms with Crippen LogP contribution in [0.4, 0.5) is 0 Å². The Morgan fingerprint density at radius 3 is 2.53 bits per heavy atom. The second kappa shape index (κ2) is 7.09. The minimum atomic E-state index is -1.80. The SMILES string of the molecule is COC(=O)/C(=C/C[P+](=O)CO)NC(C)=O. The molecule has 0 aliphatic heterocycles. The highest BCUT2D eigenvalue weighted by Gasteiger charge is 2.15. The van der Waals surface area contributed by atoms with E-state index in [9.17, 15) is 14.2 Å². The Labute approximate surface area is 88.1 Å². The molecule has 0 aromatic heterocycles. The van der Waals surface area contributed by atoms with Crippen molar-refractivity contribution in [2.24, 2.45) is 0 Å². The fraction of sp³-hybridized carbons (Fsp3) is 0.500. The van der Waals surface area contributed by atoms with Gasteiger partial charge in [0.2, 0.25) is 12.3 Å². The van der Waals surface area contributed by atoms with Crippen molar-refractivity contribution in [1.29, 1.82) is 0 Å². The highest BCUT2D eigenvalue weighted by Crippen LogP contribution is 2.18. The van der Waals surface area contributed by atoms with Crippen molar-refractivity contribution >= 4 is 19.7 Å². The summed E-state index contributed by atoms with van der Waals surface area (Å²) in [5, 5.41) is 10.8. The van der Waals surface area contributed by atoms with E-state index >= 15 is 0 Å². The molecule has 0 aromatic carbocycles. The number of carbonyl (C=O) groups is 2. The number of nitrogens with one attached hydrogen (secondary N) is 1. The number of aliphatic hydroxyl groups excluding tert-OH is 1. The van der Waals surface area contributed by atoms with Crippen LogP contribution in [0.5, 0.6) is 0 Å². The molecule has 2 N–H and O–H groups in total. The molecule has 0 saturated carbocycles. The number of allylic oxidation sites excluding steroid dienone is 1. The quantitative estimate of drug-likeness (QED) is 0.395. The highest BCUT2D eigenvalue weighted by molar-refractivity contribution is 7.44. The first-order chi connectivity index (χ1) is 7.01. The Morgan fingerprint density at radius 2 is 2.13 bits per heavy atom. The summed E-state index contributed by atoms with van der Waals surface area (Å²) in [6.45, 7) is 1.24. The maximum Gasteiger partial charge on any atom is 0.370 e. The van der Waals surface area contributed by atoms with Crippen LogP contribution < -0.4 is 5.32 Å². The summed E-state index contributed by atoms with van der Waals surface area (Å²) in [6, 6.07) is 0. The number of carbonyl (C=O) groups excluding carboxylic acids is 2. The molecule has 84 valence electrons. The summed E-state index contributed by atoms with van der Waals surface area (Å²) in [6.07, 6.45) is 0.819. The molecule has 0 radical (unpaired) electrons. The molecule has 7 heteroatoms. The number of rotatable bonds is 5. The van der Waals surface area contributed by atoms with Crippen molar-refractivity contribution in [3.8, 4) is 0 Å². The van der Waals surface area contributed by atoms with Gasteiger partial charge in [0.05, 0.1) is 7.11 Å². The predicted octanol–water partition coefficient (Wildman–Crippen LogP) is -0.0434. The topological polar surface area (TPSA) is 92.7 Å². The van der Waals surface area contributed by atoms with Crippen molar-refractivity contribution in [3.63, 3.8) is 0 Å². The first-order valence-electron chi connectivity index (χ1n) is 4.10. The minimum Gasteiger partial charge on any atom is -0.464 e. The number of amides is 1. The zero-order valence-electron chi connectivity index (χ0n) is 8.52. The van der Waals surface area contributed by atoms with Gasteiger partial charge in [0.15, 0.2) is 6.16 Å². The summed E-state index contributed by atoms with van der Waals surface area (Å²) in [5.74, 6) is -1.14. The fourth-order valence-electron chi connectivity index (χ4n) is 0.736. The number of esters is 1. The lowest BCUT2D eigenvalue weighted by atomic mass is 10.4. The molecule has 1 unspecified atom stereocenters. The molecule has 6 nitrogen and oxygen atoms in total. The zero-order chi connectivity index (χ0) is 11.8. The van der Waals surface area contributed by atoms with Gasteiger partial charge in [-0.3, -0.25) is 4.79 Å². The van der Waals surface area contributed by atoms with Gasteiger partial charge in [-0.25, -0.2) is 4.79 Å². The normalized spacial score (nSPS) is 11.9.